The summed E-state index contributed by atoms with van der Waals surface area (Å²) in [5.41, 5.74) is 1.70. The molecule has 2 aromatic heterocycles. The number of halogens is 1. The van der Waals surface area contributed by atoms with Crippen molar-refractivity contribution in [3.8, 4) is 11.5 Å². The van der Waals surface area contributed by atoms with Crippen LogP contribution in [0.4, 0.5) is 0 Å². The molecule has 0 radical (unpaired) electrons. The highest BCUT2D eigenvalue weighted by atomic mass is 35.5. The van der Waals surface area contributed by atoms with E-state index < -0.39 is 0 Å². The van der Waals surface area contributed by atoms with E-state index in [1.54, 1.807) is 6.26 Å². The lowest BCUT2D eigenvalue weighted by atomic mass is 10.2. The molecule has 0 aliphatic rings. The lowest BCUT2D eigenvalue weighted by Crippen LogP contribution is -2.07. The molecule has 0 bridgehead atoms. The number of hydrogen-bond donors (Lipinski definition) is 0. The van der Waals surface area contributed by atoms with E-state index in [0.717, 1.165) is 23.0 Å². The molecule has 0 N–H and O–H groups in total. The molecule has 6 nitrogen and oxygen atoms in total. The van der Waals surface area contributed by atoms with Gasteiger partial charge in [0, 0.05) is 22.9 Å². The number of tetrazole rings is 1. The Morgan fingerprint density at radius 1 is 1.35 bits per heavy atom. The molecule has 3 aromatic rings. The van der Waals surface area contributed by atoms with Crippen LogP contribution in [0.1, 0.15) is 19.5 Å². The van der Waals surface area contributed by atoms with Crippen LogP contribution < -0.4 is 0 Å². The van der Waals surface area contributed by atoms with Gasteiger partial charge in [0.05, 0.1) is 5.69 Å². The summed E-state index contributed by atoms with van der Waals surface area (Å²) in [5, 5.41) is 13.2. The average molecular weight is 350 g/mol. The van der Waals surface area contributed by atoms with Crippen molar-refractivity contribution in [1.29, 1.82) is 0 Å². The first-order chi connectivity index (χ1) is 11.1. The van der Waals surface area contributed by atoms with Crippen molar-refractivity contribution < 1.29 is 4.42 Å². The number of oxazole rings is 1. The maximum Gasteiger partial charge on any atom is 0.226 e. The lowest BCUT2D eigenvalue weighted by Gasteiger charge is -2.05. The fourth-order valence-electron chi connectivity index (χ4n) is 2.03. The van der Waals surface area contributed by atoms with E-state index in [1.165, 1.54) is 11.8 Å². The molecule has 3 rings (SSSR count). The first kappa shape index (κ1) is 16.0. The second kappa shape index (κ2) is 7.14. The second-order valence-electron chi connectivity index (χ2n) is 5.48. The largest absolute Gasteiger partial charge is 0.444 e. The molecule has 0 amide bonds. The highest BCUT2D eigenvalue weighted by Gasteiger charge is 2.11. The van der Waals surface area contributed by atoms with Gasteiger partial charge in [-0.2, -0.15) is 0 Å². The Morgan fingerprint density at radius 2 is 2.22 bits per heavy atom. The van der Waals surface area contributed by atoms with Crippen LogP contribution in [0, 0.1) is 5.92 Å². The Hall–Kier alpha value is -1.86. The van der Waals surface area contributed by atoms with Gasteiger partial charge in [-0.1, -0.05) is 43.3 Å². The minimum atomic E-state index is 0.485. The molecule has 23 heavy (non-hydrogen) atoms. The van der Waals surface area contributed by atoms with Gasteiger partial charge in [0.2, 0.25) is 11.0 Å². The number of aromatic nitrogens is 5. The second-order valence-corrected chi connectivity index (χ2v) is 6.86. The fourth-order valence-corrected chi connectivity index (χ4v) is 2.98. The monoisotopic (exact) mass is 349 g/mol. The van der Waals surface area contributed by atoms with Crippen molar-refractivity contribution in [3.05, 3.63) is 41.2 Å². The van der Waals surface area contributed by atoms with Crippen molar-refractivity contribution in [2.45, 2.75) is 31.3 Å². The van der Waals surface area contributed by atoms with E-state index in [9.17, 15) is 0 Å². The highest BCUT2D eigenvalue weighted by molar-refractivity contribution is 7.98. The summed E-state index contributed by atoms with van der Waals surface area (Å²) in [5.74, 6) is 1.69. The Kier molecular flexibility index (Phi) is 4.97. The maximum absolute atomic E-state index is 5.99. The number of benzene rings is 1. The van der Waals surface area contributed by atoms with Crippen molar-refractivity contribution in [1.82, 2.24) is 25.2 Å². The Balaban J connectivity index is 1.67. The zero-order chi connectivity index (χ0) is 16.2. The number of rotatable bonds is 6. The van der Waals surface area contributed by atoms with Crippen LogP contribution in [0.15, 0.2) is 40.1 Å². The maximum atomic E-state index is 5.99. The topological polar surface area (TPSA) is 69.6 Å². The van der Waals surface area contributed by atoms with Gasteiger partial charge in [-0.15, -0.1) is 5.10 Å². The minimum Gasteiger partial charge on any atom is -0.444 e. The van der Waals surface area contributed by atoms with Gasteiger partial charge in [0.15, 0.2) is 0 Å². The van der Waals surface area contributed by atoms with E-state index in [1.807, 2.05) is 28.9 Å². The van der Waals surface area contributed by atoms with Crippen LogP contribution >= 0.6 is 23.4 Å². The first-order valence-electron chi connectivity index (χ1n) is 7.21. The summed E-state index contributed by atoms with van der Waals surface area (Å²) in [6.07, 6.45) is 1.65. The first-order valence-corrected chi connectivity index (χ1v) is 8.57. The zero-order valence-corrected chi connectivity index (χ0v) is 14.4. The quantitative estimate of drug-likeness (QED) is 0.628. The van der Waals surface area contributed by atoms with E-state index in [0.29, 0.717) is 22.6 Å². The van der Waals surface area contributed by atoms with Gasteiger partial charge < -0.3 is 4.42 Å². The third-order valence-electron chi connectivity index (χ3n) is 3.01. The molecule has 0 atom stereocenters. The van der Waals surface area contributed by atoms with Gasteiger partial charge in [-0.05, 0) is 34.5 Å². The molecular weight excluding hydrogens is 334 g/mol. The SMILES string of the molecule is CC(C)Cn1nnnc1SCc1coc(-c2cccc(Cl)c2)n1. The van der Waals surface area contributed by atoms with E-state index in [2.05, 4.69) is 34.4 Å². The van der Waals surface area contributed by atoms with Gasteiger partial charge in [0.1, 0.15) is 6.26 Å². The fraction of sp³-hybridized carbons (Fsp3) is 0.333. The smallest absolute Gasteiger partial charge is 0.226 e. The summed E-state index contributed by atoms with van der Waals surface area (Å²) in [6.45, 7) is 5.05. The molecule has 2 heterocycles. The predicted molar refractivity (Wildman–Crippen MR) is 89.2 cm³/mol. The van der Waals surface area contributed by atoms with Crippen molar-refractivity contribution in [2.24, 2.45) is 5.92 Å². The standard InChI is InChI=1S/C15H16ClN5OS/c1-10(2)7-21-15(18-19-20-21)23-9-13-8-22-14(17-13)11-4-3-5-12(16)6-11/h3-6,8,10H,7,9H2,1-2H3. The van der Waals surface area contributed by atoms with E-state index in [-0.39, 0.29) is 0 Å². The molecule has 0 saturated carbocycles. The molecule has 0 aliphatic carbocycles. The predicted octanol–water partition coefficient (Wildman–Crippen LogP) is 3.93. The molecule has 0 spiro atoms. The molecule has 0 saturated heterocycles. The van der Waals surface area contributed by atoms with Gasteiger partial charge in [-0.3, -0.25) is 0 Å². The number of nitrogens with zero attached hydrogens (tertiary/aromatic N) is 5. The van der Waals surface area contributed by atoms with Gasteiger partial charge >= 0.3 is 0 Å². The highest BCUT2D eigenvalue weighted by Crippen LogP contribution is 2.25. The molecule has 0 fully saturated rings. The van der Waals surface area contributed by atoms with Crippen molar-refractivity contribution >= 4 is 23.4 Å². The number of hydrogen-bond acceptors (Lipinski definition) is 6. The van der Waals surface area contributed by atoms with E-state index >= 15 is 0 Å². The lowest BCUT2D eigenvalue weighted by molar-refractivity contribution is 0.445. The Bertz CT molecular complexity index is 786. The van der Waals surface area contributed by atoms with Crippen molar-refractivity contribution in [3.63, 3.8) is 0 Å². The van der Waals surface area contributed by atoms with Crippen LogP contribution in [0.25, 0.3) is 11.5 Å². The number of thioether (sulfide) groups is 1. The molecule has 8 heteroatoms. The average Bonchev–Trinajstić information content (AvgIpc) is 3.14. The Morgan fingerprint density at radius 3 is 3.00 bits per heavy atom. The van der Waals surface area contributed by atoms with Crippen LogP contribution in [0.2, 0.25) is 5.02 Å². The summed E-state index contributed by atoms with van der Waals surface area (Å²) in [4.78, 5) is 4.49. The van der Waals surface area contributed by atoms with Crippen LogP contribution in [-0.4, -0.2) is 25.2 Å². The summed E-state index contributed by atoms with van der Waals surface area (Å²) in [6, 6.07) is 7.43. The molecule has 1 aromatic carbocycles. The minimum absolute atomic E-state index is 0.485. The van der Waals surface area contributed by atoms with Gasteiger partial charge in [-0.25, -0.2) is 9.67 Å². The third kappa shape index (κ3) is 4.11. The normalized spacial score (nSPS) is 11.3. The van der Waals surface area contributed by atoms with Gasteiger partial charge in [0.25, 0.3) is 0 Å². The molecule has 0 unspecified atom stereocenters. The summed E-state index contributed by atoms with van der Waals surface area (Å²) >= 11 is 7.53. The van der Waals surface area contributed by atoms with Crippen LogP contribution in [-0.2, 0) is 12.3 Å². The third-order valence-corrected chi connectivity index (χ3v) is 4.24. The summed E-state index contributed by atoms with van der Waals surface area (Å²) in [7, 11) is 0. The molecular formula is C15H16ClN5OS. The van der Waals surface area contributed by atoms with E-state index in [4.69, 9.17) is 16.0 Å². The molecule has 120 valence electrons. The van der Waals surface area contributed by atoms with Crippen LogP contribution in [0.3, 0.4) is 0 Å². The van der Waals surface area contributed by atoms with Crippen molar-refractivity contribution in [2.75, 3.05) is 0 Å². The summed E-state index contributed by atoms with van der Waals surface area (Å²) < 4.78 is 7.34. The zero-order valence-electron chi connectivity index (χ0n) is 12.8. The Labute approximate surface area is 143 Å². The van der Waals surface area contributed by atoms with Crippen LogP contribution in [0.5, 0.6) is 0 Å². The molecule has 0 aliphatic heterocycles.